The van der Waals surface area contributed by atoms with E-state index in [1.54, 1.807) is 0 Å². The van der Waals surface area contributed by atoms with Crippen molar-refractivity contribution in [3.05, 3.63) is 59.9 Å². The molecule has 2 heterocycles. The SMILES string of the molecule is c1cncc(CN(CCN2CCOCC2)Cc2ccccc2OC2CCCC2)c1. The van der Waals surface area contributed by atoms with Gasteiger partial charge in [0.15, 0.2) is 0 Å². The first kappa shape index (κ1) is 20.3. The summed E-state index contributed by atoms with van der Waals surface area (Å²) >= 11 is 0. The fourth-order valence-electron chi connectivity index (χ4n) is 4.25. The van der Waals surface area contributed by atoms with Gasteiger partial charge in [0, 0.05) is 57.2 Å². The number of ether oxygens (including phenoxy) is 2. The lowest BCUT2D eigenvalue weighted by Crippen LogP contribution is -2.41. The van der Waals surface area contributed by atoms with Gasteiger partial charge in [-0.1, -0.05) is 24.3 Å². The molecule has 1 aliphatic carbocycles. The number of aromatic nitrogens is 1. The number of rotatable bonds is 9. The van der Waals surface area contributed by atoms with E-state index in [1.165, 1.54) is 36.8 Å². The highest BCUT2D eigenvalue weighted by Crippen LogP contribution is 2.27. The second kappa shape index (κ2) is 10.7. The summed E-state index contributed by atoms with van der Waals surface area (Å²) in [6.45, 7) is 7.63. The second-order valence-corrected chi connectivity index (χ2v) is 8.16. The summed E-state index contributed by atoms with van der Waals surface area (Å²) in [5, 5.41) is 0. The molecule has 0 amide bonds. The molecule has 0 unspecified atom stereocenters. The Bertz CT molecular complexity index is 728. The summed E-state index contributed by atoms with van der Waals surface area (Å²) in [5.41, 5.74) is 2.54. The average Bonchev–Trinajstić information content (AvgIpc) is 3.28. The number of pyridine rings is 1. The van der Waals surface area contributed by atoms with Crippen molar-refractivity contribution in [2.45, 2.75) is 44.9 Å². The third kappa shape index (κ3) is 6.26. The summed E-state index contributed by atoms with van der Waals surface area (Å²) in [4.78, 5) is 9.32. The molecule has 5 heteroatoms. The normalized spacial score (nSPS) is 18.4. The Kier molecular flexibility index (Phi) is 7.51. The number of morpholine rings is 1. The summed E-state index contributed by atoms with van der Waals surface area (Å²) < 4.78 is 11.9. The van der Waals surface area contributed by atoms with Crippen LogP contribution in [0.1, 0.15) is 36.8 Å². The third-order valence-corrected chi connectivity index (χ3v) is 5.93. The van der Waals surface area contributed by atoms with Crippen molar-refractivity contribution in [2.75, 3.05) is 39.4 Å². The molecule has 1 saturated heterocycles. The van der Waals surface area contributed by atoms with Gasteiger partial charge < -0.3 is 9.47 Å². The molecule has 1 saturated carbocycles. The van der Waals surface area contributed by atoms with Gasteiger partial charge in [-0.25, -0.2) is 0 Å². The van der Waals surface area contributed by atoms with Crippen molar-refractivity contribution < 1.29 is 9.47 Å². The molecule has 0 N–H and O–H groups in total. The summed E-state index contributed by atoms with van der Waals surface area (Å²) in [7, 11) is 0. The van der Waals surface area contributed by atoms with Crippen LogP contribution in [0.5, 0.6) is 5.75 Å². The minimum atomic E-state index is 0.385. The maximum Gasteiger partial charge on any atom is 0.124 e. The lowest BCUT2D eigenvalue weighted by Gasteiger charge is -2.30. The summed E-state index contributed by atoms with van der Waals surface area (Å²) in [6.07, 6.45) is 9.15. The van der Waals surface area contributed by atoms with E-state index >= 15 is 0 Å². The van der Waals surface area contributed by atoms with E-state index in [-0.39, 0.29) is 0 Å². The topological polar surface area (TPSA) is 37.8 Å². The van der Waals surface area contributed by atoms with Gasteiger partial charge in [-0.3, -0.25) is 14.8 Å². The van der Waals surface area contributed by atoms with Crippen molar-refractivity contribution in [3.8, 4) is 5.75 Å². The highest BCUT2D eigenvalue weighted by atomic mass is 16.5. The summed E-state index contributed by atoms with van der Waals surface area (Å²) in [6, 6.07) is 12.8. The van der Waals surface area contributed by atoms with Gasteiger partial charge in [0.25, 0.3) is 0 Å². The Morgan fingerprint density at radius 2 is 1.86 bits per heavy atom. The van der Waals surface area contributed by atoms with Crippen molar-refractivity contribution in [2.24, 2.45) is 0 Å². The Hall–Kier alpha value is -1.95. The van der Waals surface area contributed by atoms with Crippen molar-refractivity contribution in [3.63, 3.8) is 0 Å². The van der Waals surface area contributed by atoms with Gasteiger partial charge in [0.1, 0.15) is 5.75 Å². The molecule has 156 valence electrons. The number of benzene rings is 1. The highest BCUT2D eigenvalue weighted by Gasteiger charge is 2.19. The Balaban J connectivity index is 1.43. The third-order valence-electron chi connectivity index (χ3n) is 5.93. The van der Waals surface area contributed by atoms with Gasteiger partial charge in [-0.2, -0.15) is 0 Å². The predicted octanol–water partition coefficient (Wildman–Crippen LogP) is 3.74. The fourth-order valence-corrected chi connectivity index (χ4v) is 4.25. The molecule has 29 heavy (non-hydrogen) atoms. The molecule has 5 nitrogen and oxygen atoms in total. The fraction of sp³-hybridized carbons (Fsp3) is 0.542. The molecule has 1 aliphatic heterocycles. The van der Waals surface area contributed by atoms with Gasteiger partial charge in [-0.05, 0) is 43.4 Å². The minimum absolute atomic E-state index is 0.385. The molecule has 0 spiro atoms. The first-order valence-corrected chi connectivity index (χ1v) is 11.0. The van der Waals surface area contributed by atoms with Crippen molar-refractivity contribution in [1.29, 1.82) is 0 Å². The van der Waals surface area contributed by atoms with E-state index in [0.29, 0.717) is 6.10 Å². The van der Waals surface area contributed by atoms with Crippen molar-refractivity contribution >= 4 is 0 Å². The number of nitrogens with zero attached hydrogens (tertiary/aromatic N) is 3. The minimum Gasteiger partial charge on any atom is -0.490 e. The molecular formula is C24H33N3O2. The molecule has 0 atom stereocenters. The summed E-state index contributed by atoms with van der Waals surface area (Å²) in [5.74, 6) is 1.06. The zero-order valence-electron chi connectivity index (χ0n) is 17.3. The largest absolute Gasteiger partial charge is 0.490 e. The van der Waals surface area contributed by atoms with Crippen LogP contribution in [0.25, 0.3) is 0 Å². The average molecular weight is 396 g/mol. The van der Waals surface area contributed by atoms with Crippen LogP contribution < -0.4 is 4.74 Å². The van der Waals surface area contributed by atoms with Gasteiger partial charge >= 0.3 is 0 Å². The van der Waals surface area contributed by atoms with Crippen LogP contribution in [-0.4, -0.2) is 60.3 Å². The zero-order chi connectivity index (χ0) is 19.7. The molecule has 0 bridgehead atoms. The van der Waals surface area contributed by atoms with Crippen LogP contribution in [0, 0.1) is 0 Å². The van der Waals surface area contributed by atoms with Crippen LogP contribution in [0.4, 0.5) is 0 Å². The van der Waals surface area contributed by atoms with E-state index in [9.17, 15) is 0 Å². The van der Waals surface area contributed by atoms with E-state index in [4.69, 9.17) is 9.47 Å². The lowest BCUT2D eigenvalue weighted by atomic mass is 10.1. The maximum absolute atomic E-state index is 6.39. The van der Waals surface area contributed by atoms with Gasteiger partial charge in [-0.15, -0.1) is 0 Å². The first-order valence-electron chi connectivity index (χ1n) is 11.0. The lowest BCUT2D eigenvalue weighted by molar-refractivity contribution is 0.0324. The van der Waals surface area contributed by atoms with E-state index in [2.05, 4.69) is 45.1 Å². The molecular weight excluding hydrogens is 362 g/mol. The van der Waals surface area contributed by atoms with E-state index < -0.39 is 0 Å². The standard InChI is InChI=1S/C24H33N3O2/c1-4-10-24(29-23-8-2-3-9-23)22(7-1)20-27(19-21-6-5-11-25-18-21)13-12-26-14-16-28-17-15-26/h1,4-7,10-11,18,23H,2-3,8-9,12-17,19-20H2. The Morgan fingerprint density at radius 3 is 2.66 bits per heavy atom. The molecule has 2 fully saturated rings. The number of para-hydroxylation sites is 1. The monoisotopic (exact) mass is 395 g/mol. The molecule has 2 aromatic rings. The van der Waals surface area contributed by atoms with Crippen LogP contribution in [0.3, 0.4) is 0 Å². The van der Waals surface area contributed by atoms with Gasteiger partial charge in [0.05, 0.1) is 19.3 Å². The molecule has 4 rings (SSSR count). The first-order chi connectivity index (χ1) is 14.4. The Labute approximate surface area is 174 Å². The maximum atomic E-state index is 6.39. The van der Waals surface area contributed by atoms with Crippen molar-refractivity contribution in [1.82, 2.24) is 14.8 Å². The molecule has 2 aliphatic rings. The van der Waals surface area contributed by atoms with Crippen LogP contribution in [0.15, 0.2) is 48.8 Å². The highest BCUT2D eigenvalue weighted by molar-refractivity contribution is 5.33. The van der Waals surface area contributed by atoms with E-state index in [0.717, 1.165) is 58.2 Å². The molecule has 0 radical (unpaired) electrons. The second-order valence-electron chi connectivity index (χ2n) is 8.16. The van der Waals surface area contributed by atoms with Crippen LogP contribution in [0.2, 0.25) is 0 Å². The predicted molar refractivity (Wildman–Crippen MR) is 115 cm³/mol. The molecule has 1 aromatic carbocycles. The smallest absolute Gasteiger partial charge is 0.124 e. The van der Waals surface area contributed by atoms with Gasteiger partial charge in [0.2, 0.25) is 0 Å². The molecule has 1 aromatic heterocycles. The number of hydrogen-bond acceptors (Lipinski definition) is 5. The van der Waals surface area contributed by atoms with Crippen LogP contribution >= 0.6 is 0 Å². The zero-order valence-corrected chi connectivity index (χ0v) is 17.3. The van der Waals surface area contributed by atoms with Crippen LogP contribution in [-0.2, 0) is 17.8 Å². The Morgan fingerprint density at radius 1 is 1.03 bits per heavy atom. The van der Waals surface area contributed by atoms with E-state index in [1.807, 2.05) is 18.5 Å². The number of hydrogen-bond donors (Lipinski definition) is 0. The quantitative estimate of drug-likeness (QED) is 0.647.